The molecule has 0 unspecified atom stereocenters. The van der Waals surface area contributed by atoms with Crippen LogP contribution < -0.4 is 5.32 Å². The molecule has 82 valence electrons. The van der Waals surface area contributed by atoms with Crippen LogP contribution in [0.5, 0.6) is 0 Å². The predicted octanol–water partition coefficient (Wildman–Crippen LogP) is 1.31. The summed E-state index contributed by atoms with van der Waals surface area (Å²) >= 11 is 0. The topological polar surface area (TPSA) is 49.3 Å². The van der Waals surface area contributed by atoms with E-state index in [9.17, 15) is 9.90 Å². The molecule has 2 N–H and O–H groups in total. The standard InChI is InChI=1S/C11H21NO2/c1-7(2)8(3)12-10(13)9-5-11(4,14)6-9/h7-9,14H,5-6H2,1-4H3,(H,12,13)/t8-,9?,11?/m1/s1. The van der Waals surface area contributed by atoms with Gasteiger partial charge in [0.25, 0.3) is 0 Å². The summed E-state index contributed by atoms with van der Waals surface area (Å²) in [6.45, 7) is 7.96. The average molecular weight is 199 g/mol. The Morgan fingerprint density at radius 3 is 2.29 bits per heavy atom. The average Bonchev–Trinajstić information content (AvgIpc) is 1.99. The lowest BCUT2D eigenvalue weighted by atomic mass is 9.71. The Morgan fingerprint density at radius 2 is 1.93 bits per heavy atom. The van der Waals surface area contributed by atoms with Gasteiger partial charge in [0.15, 0.2) is 0 Å². The molecule has 0 radical (unpaired) electrons. The van der Waals surface area contributed by atoms with Gasteiger partial charge in [-0.05, 0) is 32.6 Å². The molecule has 0 saturated heterocycles. The SMILES string of the molecule is CC(C)[C@@H](C)NC(=O)C1CC(C)(O)C1. The third kappa shape index (κ3) is 2.71. The fourth-order valence-electron chi connectivity index (χ4n) is 1.70. The Bertz CT molecular complexity index is 215. The van der Waals surface area contributed by atoms with Crippen molar-refractivity contribution < 1.29 is 9.90 Å². The first-order valence-electron chi connectivity index (χ1n) is 5.34. The van der Waals surface area contributed by atoms with Crippen LogP contribution >= 0.6 is 0 Å². The summed E-state index contributed by atoms with van der Waals surface area (Å²) in [4.78, 5) is 11.6. The molecule has 0 aromatic carbocycles. The van der Waals surface area contributed by atoms with Gasteiger partial charge in [-0.1, -0.05) is 13.8 Å². The molecule has 1 amide bonds. The highest BCUT2D eigenvalue weighted by Gasteiger charge is 2.42. The molecule has 1 atom stereocenters. The first kappa shape index (κ1) is 11.5. The van der Waals surface area contributed by atoms with E-state index in [1.165, 1.54) is 0 Å². The van der Waals surface area contributed by atoms with Crippen LogP contribution in [0.15, 0.2) is 0 Å². The molecule has 1 fully saturated rings. The number of amides is 1. The molecule has 0 heterocycles. The van der Waals surface area contributed by atoms with Gasteiger partial charge in [-0.25, -0.2) is 0 Å². The summed E-state index contributed by atoms with van der Waals surface area (Å²) in [5.74, 6) is 0.573. The van der Waals surface area contributed by atoms with E-state index >= 15 is 0 Å². The molecule has 0 bridgehead atoms. The minimum Gasteiger partial charge on any atom is -0.390 e. The van der Waals surface area contributed by atoms with E-state index in [2.05, 4.69) is 19.2 Å². The number of carbonyl (C=O) groups is 1. The molecule has 1 aliphatic rings. The maximum Gasteiger partial charge on any atom is 0.223 e. The van der Waals surface area contributed by atoms with Gasteiger partial charge < -0.3 is 10.4 Å². The monoisotopic (exact) mass is 199 g/mol. The van der Waals surface area contributed by atoms with Crippen molar-refractivity contribution in [3.8, 4) is 0 Å². The number of rotatable bonds is 3. The van der Waals surface area contributed by atoms with Crippen molar-refractivity contribution in [2.75, 3.05) is 0 Å². The fraction of sp³-hybridized carbons (Fsp3) is 0.909. The Morgan fingerprint density at radius 1 is 1.43 bits per heavy atom. The second kappa shape index (κ2) is 3.89. The highest BCUT2D eigenvalue weighted by Crippen LogP contribution is 2.37. The predicted molar refractivity (Wildman–Crippen MR) is 55.8 cm³/mol. The van der Waals surface area contributed by atoms with Crippen molar-refractivity contribution in [3.63, 3.8) is 0 Å². The van der Waals surface area contributed by atoms with Crippen molar-refractivity contribution in [1.82, 2.24) is 5.32 Å². The summed E-state index contributed by atoms with van der Waals surface area (Å²) in [7, 11) is 0. The third-order valence-corrected chi connectivity index (χ3v) is 3.11. The van der Waals surface area contributed by atoms with E-state index in [4.69, 9.17) is 0 Å². The highest BCUT2D eigenvalue weighted by atomic mass is 16.3. The number of hydrogen-bond donors (Lipinski definition) is 2. The van der Waals surface area contributed by atoms with E-state index in [1.807, 2.05) is 6.92 Å². The molecular weight excluding hydrogens is 178 g/mol. The molecule has 3 heteroatoms. The van der Waals surface area contributed by atoms with Gasteiger partial charge in [0.05, 0.1) is 5.60 Å². The summed E-state index contributed by atoms with van der Waals surface area (Å²) in [5, 5.41) is 12.5. The summed E-state index contributed by atoms with van der Waals surface area (Å²) in [6.07, 6.45) is 1.20. The van der Waals surface area contributed by atoms with Gasteiger partial charge in [-0.2, -0.15) is 0 Å². The second-order valence-electron chi connectivity index (χ2n) is 5.14. The number of aliphatic hydroxyl groups is 1. The van der Waals surface area contributed by atoms with Crippen LogP contribution in [-0.2, 0) is 4.79 Å². The number of hydrogen-bond acceptors (Lipinski definition) is 2. The first-order valence-corrected chi connectivity index (χ1v) is 5.34. The zero-order valence-electron chi connectivity index (χ0n) is 9.50. The summed E-state index contributed by atoms with van der Waals surface area (Å²) in [5.41, 5.74) is -0.608. The van der Waals surface area contributed by atoms with Crippen LogP contribution in [0.25, 0.3) is 0 Å². The Kier molecular flexibility index (Phi) is 3.20. The van der Waals surface area contributed by atoms with Gasteiger partial charge in [-0.15, -0.1) is 0 Å². The third-order valence-electron chi connectivity index (χ3n) is 3.11. The molecule has 1 saturated carbocycles. The van der Waals surface area contributed by atoms with Gasteiger partial charge >= 0.3 is 0 Å². The molecule has 0 spiro atoms. The Labute approximate surface area is 85.9 Å². The van der Waals surface area contributed by atoms with Crippen molar-refractivity contribution in [2.45, 2.75) is 52.2 Å². The summed E-state index contributed by atoms with van der Waals surface area (Å²) < 4.78 is 0. The molecule has 1 aliphatic carbocycles. The van der Waals surface area contributed by atoms with E-state index in [0.29, 0.717) is 18.8 Å². The molecule has 0 aromatic rings. The van der Waals surface area contributed by atoms with Crippen LogP contribution in [0.3, 0.4) is 0 Å². The molecule has 0 aliphatic heterocycles. The van der Waals surface area contributed by atoms with Crippen LogP contribution in [0.1, 0.15) is 40.5 Å². The van der Waals surface area contributed by atoms with E-state index in [1.54, 1.807) is 6.92 Å². The minimum absolute atomic E-state index is 0.0196. The van der Waals surface area contributed by atoms with E-state index in [-0.39, 0.29) is 17.9 Å². The number of carbonyl (C=O) groups excluding carboxylic acids is 1. The molecular formula is C11H21NO2. The van der Waals surface area contributed by atoms with Crippen LogP contribution in [0.2, 0.25) is 0 Å². The fourth-order valence-corrected chi connectivity index (χ4v) is 1.70. The maximum atomic E-state index is 11.6. The van der Waals surface area contributed by atoms with Crippen LogP contribution in [0.4, 0.5) is 0 Å². The van der Waals surface area contributed by atoms with Gasteiger partial charge in [0.1, 0.15) is 0 Å². The van der Waals surface area contributed by atoms with Crippen molar-refractivity contribution in [3.05, 3.63) is 0 Å². The summed E-state index contributed by atoms with van der Waals surface area (Å²) in [6, 6.07) is 0.216. The zero-order valence-corrected chi connectivity index (χ0v) is 9.50. The van der Waals surface area contributed by atoms with Crippen molar-refractivity contribution in [1.29, 1.82) is 0 Å². The molecule has 0 aromatic heterocycles. The van der Waals surface area contributed by atoms with Gasteiger partial charge in [0.2, 0.25) is 5.91 Å². The van der Waals surface area contributed by atoms with E-state index < -0.39 is 5.60 Å². The lowest BCUT2D eigenvalue weighted by molar-refractivity contribution is -0.139. The lowest BCUT2D eigenvalue weighted by Gasteiger charge is -2.40. The smallest absolute Gasteiger partial charge is 0.223 e. The molecule has 14 heavy (non-hydrogen) atoms. The molecule has 1 rings (SSSR count). The van der Waals surface area contributed by atoms with Gasteiger partial charge in [0, 0.05) is 12.0 Å². The quantitative estimate of drug-likeness (QED) is 0.720. The van der Waals surface area contributed by atoms with Crippen molar-refractivity contribution >= 4 is 5.91 Å². The van der Waals surface area contributed by atoms with Crippen LogP contribution in [-0.4, -0.2) is 22.7 Å². The first-order chi connectivity index (χ1) is 6.32. The Hall–Kier alpha value is -0.570. The molecule has 3 nitrogen and oxygen atoms in total. The second-order valence-corrected chi connectivity index (χ2v) is 5.14. The lowest BCUT2D eigenvalue weighted by Crippen LogP contribution is -2.50. The largest absolute Gasteiger partial charge is 0.390 e. The minimum atomic E-state index is -0.608. The Balaban J connectivity index is 2.31. The normalized spacial score (nSPS) is 33.7. The van der Waals surface area contributed by atoms with E-state index in [0.717, 1.165) is 0 Å². The highest BCUT2D eigenvalue weighted by molar-refractivity contribution is 5.80. The van der Waals surface area contributed by atoms with Crippen LogP contribution in [0, 0.1) is 11.8 Å². The number of nitrogens with one attached hydrogen (secondary N) is 1. The van der Waals surface area contributed by atoms with Gasteiger partial charge in [-0.3, -0.25) is 4.79 Å². The van der Waals surface area contributed by atoms with Crippen molar-refractivity contribution in [2.24, 2.45) is 11.8 Å². The maximum absolute atomic E-state index is 11.6. The zero-order chi connectivity index (χ0) is 10.9.